The first-order chi connectivity index (χ1) is 9.68. The molecule has 2 N–H and O–H groups in total. The van der Waals surface area contributed by atoms with Gasteiger partial charge in [-0.05, 0) is 18.1 Å². The molecule has 3 nitrogen and oxygen atoms in total. The number of carbonyl (C=O) groups is 1. The standard InChI is InChI=1S/C17H19NO2/c1-13(14-8-4-2-5-9-14)18-12-16(17(19)20)15-10-6-3-7-11-15/h2-11,13,16,18H,12H2,1H3,(H,19,20)/t13-,16?/m1/s1. The molecule has 104 valence electrons. The predicted molar refractivity (Wildman–Crippen MR) is 79.7 cm³/mol. The van der Waals surface area contributed by atoms with Crippen LogP contribution < -0.4 is 5.32 Å². The lowest BCUT2D eigenvalue weighted by molar-refractivity contribution is -0.138. The zero-order chi connectivity index (χ0) is 14.4. The third-order valence-corrected chi connectivity index (χ3v) is 3.43. The van der Waals surface area contributed by atoms with Crippen molar-refractivity contribution in [2.24, 2.45) is 0 Å². The van der Waals surface area contributed by atoms with Crippen molar-refractivity contribution in [1.82, 2.24) is 5.32 Å². The van der Waals surface area contributed by atoms with E-state index in [4.69, 9.17) is 0 Å². The summed E-state index contributed by atoms with van der Waals surface area (Å²) in [6.07, 6.45) is 0. The van der Waals surface area contributed by atoms with Crippen molar-refractivity contribution < 1.29 is 9.90 Å². The van der Waals surface area contributed by atoms with Gasteiger partial charge in [-0.15, -0.1) is 0 Å². The van der Waals surface area contributed by atoms with Crippen LogP contribution in [0.4, 0.5) is 0 Å². The van der Waals surface area contributed by atoms with Crippen LogP contribution in [-0.4, -0.2) is 17.6 Å². The maximum absolute atomic E-state index is 11.4. The Morgan fingerprint density at radius 2 is 1.50 bits per heavy atom. The molecule has 0 aliphatic heterocycles. The van der Waals surface area contributed by atoms with E-state index in [0.717, 1.165) is 11.1 Å². The molecule has 2 atom stereocenters. The maximum Gasteiger partial charge on any atom is 0.312 e. The summed E-state index contributed by atoms with van der Waals surface area (Å²) >= 11 is 0. The topological polar surface area (TPSA) is 49.3 Å². The predicted octanol–water partition coefficient (Wildman–Crippen LogP) is 3.21. The van der Waals surface area contributed by atoms with Gasteiger partial charge in [0.25, 0.3) is 0 Å². The second-order valence-electron chi connectivity index (χ2n) is 4.84. The number of carboxylic acid groups (broad SMARTS) is 1. The van der Waals surface area contributed by atoms with Crippen molar-refractivity contribution in [3.05, 3.63) is 71.8 Å². The van der Waals surface area contributed by atoms with E-state index in [1.54, 1.807) is 0 Å². The summed E-state index contributed by atoms with van der Waals surface area (Å²) in [5, 5.41) is 12.7. The number of hydrogen-bond donors (Lipinski definition) is 2. The minimum Gasteiger partial charge on any atom is -0.481 e. The fourth-order valence-electron chi connectivity index (χ4n) is 2.19. The first kappa shape index (κ1) is 14.3. The molecule has 0 amide bonds. The summed E-state index contributed by atoms with van der Waals surface area (Å²) in [7, 11) is 0. The molecule has 0 aliphatic rings. The number of rotatable bonds is 6. The minimum atomic E-state index is -0.802. The lowest BCUT2D eigenvalue weighted by atomic mass is 9.98. The summed E-state index contributed by atoms with van der Waals surface area (Å²) in [5.74, 6) is -1.33. The SMILES string of the molecule is C[C@@H](NCC(C(=O)O)c1ccccc1)c1ccccc1. The van der Waals surface area contributed by atoms with Crippen LogP contribution in [0.3, 0.4) is 0 Å². The molecule has 0 saturated carbocycles. The van der Waals surface area contributed by atoms with Crippen molar-refractivity contribution in [3.63, 3.8) is 0 Å². The summed E-state index contributed by atoms with van der Waals surface area (Å²) in [5.41, 5.74) is 1.98. The lowest BCUT2D eigenvalue weighted by Crippen LogP contribution is -2.28. The van der Waals surface area contributed by atoms with E-state index < -0.39 is 11.9 Å². The molecule has 0 bridgehead atoms. The molecule has 0 saturated heterocycles. The van der Waals surface area contributed by atoms with Crippen molar-refractivity contribution in [2.45, 2.75) is 18.9 Å². The number of nitrogens with one attached hydrogen (secondary N) is 1. The van der Waals surface area contributed by atoms with Crippen LogP contribution in [0.1, 0.15) is 30.0 Å². The van der Waals surface area contributed by atoms with Crippen molar-refractivity contribution >= 4 is 5.97 Å². The van der Waals surface area contributed by atoms with E-state index in [1.165, 1.54) is 0 Å². The van der Waals surface area contributed by atoms with Gasteiger partial charge in [0.1, 0.15) is 0 Å². The molecule has 0 fully saturated rings. The Hall–Kier alpha value is -2.13. The molecule has 0 spiro atoms. The van der Waals surface area contributed by atoms with Crippen LogP contribution in [0.25, 0.3) is 0 Å². The zero-order valence-electron chi connectivity index (χ0n) is 11.5. The zero-order valence-corrected chi connectivity index (χ0v) is 11.5. The van der Waals surface area contributed by atoms with Crippen molar-refractivity contribution in [1.29, 1.82) is 0 Å². The van der Waals surface area contributed by atoms with Gasteiger partial charge in [0.15, 0.2) is 0 Å². The summed E-state index contributed by atoms with van der Waals surface area (Å²) in [6.45, 7) is 2.45. The third kappa shape index (κ3) is 3.68. The molecular formula is C17H19NO2. The van der Waals surface area contributed by atoms with E-state index in [2.05, 4.69) is 5.32 Å². The van der Waals surface area contributed by atoms with Crippen LogP contribution in [0.15, 0.2) is 60.7 Å². The molecule has 2 aromatic carbocycles. The Labute approximate surface area is 119 Å². The second kappa shape index (κ2) is 6.87. The van der Waals surface area contributed by atoms with E-state index in [0.29, 0.717) is 6.54 Å². The van der Waals surface area contributed by atoms with Gasteiger partial charge in [-0.2, -0.15) is 0 Å². The number of aliphatic carboxylic acids is 1. The Bertz CT molecular complexity index is 539. The highest BCUT2D eigenvalue weighted by Crippen LogP contribution is 2.17. The molecule has 2 rings (SSSR count). The normalized spacial score (nSPS) is 13.7. The van der Waals surface area contributed by atoms with Crippen LogP contribution >= 0.6 is 0 Å². The third-order valence-electron chi connectivity index (χ3n) is 3.43. The van der Waals surface area contributed by atoms with Gasteiger partial charge in [-0.1, -0.05) is 60.7 Å². The molecule has 2 aromatic rings. The minimum absolute atomic E-state index is 0.127. The van der Waals surface area contributed by atoms with E-state index in [1.807, 2.05) is 67.6 Å². The Kier molecular flexibility index (Phi) is 4.91. The first-order valence-electron chi connectivity index (χ1n) is 6.74. The highest BCUT2D eigenvalue weighted by molar-refractivity contribution is 5.76. The quantitative estimate of drug-likeness (QED) is 0.846. The Morgan fingerprint density at radius 1 is 1.00 bits per heavy atom. The lowest BCUT2D eigenvalue weighted by Gasteiger charge is -2.18. The molecule has 20 heavy (non-hydrogen) atoms. The van der Waals surface area contributed by atoms with E-state index in [-0.39, 0.29) is 6.04 Å². The molecule has 1 unspecified atom stereocenters. The Balaban J connectivity index is 2.02. The largest absolute Gasteiger partial charge is 0.481 e. The van der Waals surface area contributed by atoms with Gasteiger partial charge in [-0.25, -0.2) is 0 Å². The van der Waals surface area contributed by atoms with E-state index >= 15 is 0 Å². The Morgan fingerprint density at radius 3 is 2.00 bits per heavy atom. The maximum atomic E-state index is 11.4. The van der Waals surface area contributed by atoms with Gasteiger partial charge in [0.2, 0.25) is 0 Å². The van der Waals surface area contributed by atoms with Crippen LogP contribution in [0.5, 0.6) is 0 Å². The van der Waals surface area contributed by atoms with Crippen molar-refractivity contribution in [2.75, 3.05) is 6.54 Å². The van der Waals surface area contributed by atoms with Gasteiger partial charge < -0.3 is 10.4 Å². The van der Waals surface area contributed by atoms with Gasteiger partial charge in [-0.3, -0.25) is 4.79 Å². The van der Waals surface area contributed by atoms with Gasteiger partial charge in [0, 0.05) is 12.6 Å². The highest BCUT2D eigenvalue weighted by Gasteiger charge is 2.20. The molecule has 0 radical (unpaired) electrons. The first-order valence-corrected chi connectivity index (χ1v) is 6.74. The van der Waals surface area contributed by atoms with Crippen molar-refractivity contribution in [3.8, 4) is 0 Å². The summed E-state index contributed by atoms with van der Waals surface area (Å²) in [4.78, 5) is 11.4. The summed E-state index contributed by atoms with van der Waals surface area (Å²) < 4.78 is 0. The average molecular weight is 269 g/mol. The van der Waals surface area contributed by atoms with Gasteiger partial charge >= 0.3 is 5.97 Å². The number of carboxylic acids is 1. The molecule has 0 heterocycles. The van der Waals surface area contributed by atoms with E-state index in [9.17, 15) is 9.90 Å². The second-order valence-corrected chi connectivity index (χ2v) is 4.84. The monoisotopic (exact) mass is 269 g/mol. The fraction of sp³-hybridized carbons (Fsp3) is 0.235. The number of hydrogen-bond acceptors (Lipinski definition) is 2. The smallest absolute Gasteiger partial charge is 0.312 e. The van der Waals surface area contributed by atoms with Gasteiger partial charge in [0.05, 0.1) is 5.92 Å². The summed E-state index contributed by atoms with van der Waals surface area (Å²) in [6, 6.07) is 19.5. The molecule has 0 aromatic heterocycles. The fourth-order valence-corrected chi connectivity index (χ4v) is 2.19. The molecule has 3 heteroatoms. The molecular weight excluding hydrogens is 250 g/mol. The average Bonchev–Trinajstić information content (AvgIpc) is 2.49. The van der Waals surface area contributed by atoms with Crippen LogP contribution in [-0.2, 0) is 4.79 Å². The van der Waals surface area contributed by atoms with Crippen LogP contribution in [0, 0.1) is 0 Å². The molecule has 0 aliphatic carbocycles. The highest BCUT2D eigenvalue weighted by atomic mass is 16.4. The number of benzene rings is 2. The van der Waals surface area contributed by atoms with Crippen LogP contribution in [0.2, 0.25) is 0 Å².